The normalized spacial score (nSPS) is 15.4. The molecule has 2 aromatic carbocycles. The second-order valence-electron chi connectivity index (χ2n) is 8.33. The van der Waals surface area contributed by atoms with Crippen LogP contribution in [-0.4, -0.2) is 28.8 Å². The molecule has 0 aliphatic heterocycles. The Labute approximate surface area is 184 Å². The van der Waals surface area contributed by atoms with Crippen molar-refractivity contribution < 1.29 is 9.59 Å². The highest BCUT2D eigenvalue weighted by Crippen LogP contribution is 2.19. The predicted molar refractivity (Wildman–Crippen MR) is 121 cm³/mol. The first-order valence-electron chi connectivity index (χ1n) is 10.8. The summed E-state index contributed by atoms with van der Waals surface area (Å²) < 4.78 is 0. The number of carbonyl (C=O) groups excluding carboxylic acids is 2. The second-order valence-corrected chi connectivity index (χ2v) is 8.77. The van der Waals surface area contributed by atoms with Gasteiger partial charge in [0.1, 0.15) is 6.04 Å². The van der Waals surface area contributed by atoms with Crippen LogP contribution in [-0.2, 0) is 22.6 Å². The summed E-state index contributed by atoms with van der Waals surface area (Å²) in [6.07, 6.45) is 5.86. The lowest BCUT2D eigenvalue weighted by molar-refractivity contribution is -0.140. The van der Waals surface area contributed by atoms with Gasteiger partial charge in [-0.05, 0) is 49.9 Å². The summed E-state index contributed by atoms with van der Waals surface area (Å²) in [5.41, 5.74) is 3.03. The van der Waals surface area contributed by atoms with E-state index < -0.39 is 6.04 Å². The molecule has 4 nitrogen and oxygen atoms in total. The number of aryl methyl sites for hydroxylation is 1. The molecule has 0 aromatic heterocycles. The third kappa shape index (κ3) is 6.33. The monoisotopic (exact) mass is 426 g/mol. The van der Waals surface area contributed by atoms with E-state index in [0.29, 0.717) is 11.6 Å². The van der Waals surface area contributed by atoms with Gasteiger partial charge in [0, 0.05) is 17.6 Å². The fourth-order valence-electron chi connectivity index (χ4n) is 4.04. The molecule has 1 atom stereocenters. The third-order valence-corrected chi connectivity index (χ3v) is 6.07. The molecule has 0 heterocycles. The van der Waals surface area contributed by atoms with Gasteiger partial charge in [0.05, 0.1) is 6.42 Å². The van der Waals surface area contributed by atoms with E-state index in [4.69, 9.17) is 11.6 Å². The van der Waals surface area contributed by atoms with E-state index in [9.17, 15) is 9.59 Å². The van der Waals surface area contributed by atoms with E-state index in [1.165, 1.54) is 6.42 Å². The number of nitrogens with one attached hydrogen (secondary N) is 1. The van der Waals surface area contributed by atoms with Gasteiger partial charge < -0.3 is 10.2 Å². The number of rotatable bonds is 7. The summed E-state index contributed by atoms with van der Waals surface area (Å²) in [6, 6.07) is 15.1. The van der Waals surface area contributed by atoms with Crippen LogP contribution in [0.25, 0.3) is 0 Å². The van der Waals surface area contributed by atoms with Crippen LogP contribution in [0, 0.1) is 6.92 Å². The molecular formula is C25H31ClN2O2. The molecule has 5 heteroatoms. The highest BCUT2D eigenvalue weighted by Gasteiger charge is 2.28. The number of benzene rings is 2. The van der Waals surface area contributed by atoms with E-state index in [-0.39, 0.29) is 24.3 Å². The molecule has 1 saturated carbocycles. The van der Waals surface area contributed by atoms with Crippen molar-refractivity contribution in [2.75, 3.05) is 0 Å². The third-order valence-electron chi connectivity index (χ3n) is 5.82. The van der Waals surface area contributed by atoms with Gasteiger partial charge >= 0.3 is 0 Å². The predicted octanol–water partition coefficient (Wildman–Crippen LogP) is 5.06. The van der Waals surface area contributed by atoms with E-state index in [2.05, 4.69) is 5.32 Å². The van der Waals surface area contributed by atoms with Crippen molar-refractivity contribution in [3.63, 3.8) is 0 Å². The van der Waals surface area contributed by atoms with Gasteiger partial charge in [-0.1, -0.05) is 72.8 Å². The standard InChI is InChI=1S/C25H31ClN2O2/c1-18-7-6-8-21(15-18)16-24(29)28(17-20-11-13-22(26)14-12-20)19(2)25(30)27-23-9-4-3-5-10-23/h6-8,11-15,19,23H,3-5,9-10,16-17H2,1-2H3,(H,27,30)/t19-/m1/s1. The highest BCUT2D eigenvalue weighted by molar-refractivity contribution is 6.30. The number of amides is 2. The zero-order valence-electron chi connectivity index (χ0n) is 17.9. The topological polar surface area (TPSA) is 49.4 Å². The van der Waals surface area contributed by atoms with E-state index in [1.807, 2.05) is 62.4 Å². The summed E-state index contributed by atoms with van der Waals surface area (Å²) in [5, 5.41) is 3.82. The average Bonchev–Trinajstić information content (AvgIpc) is 2.73. The van der Waals surface area contributed by atoms with Crippen molar-refractivity contribution in [1.82, 2.24) is 10.2 Å². The molecule has 30 heavy (non-hydrogen) atoms. The summed E-state index contributed by atoms with van der Waals surface area (Å²) >= 11 is 6.01. The lowest BCUT2D eigenvalue weighted by Crippen LogP contribution is -2.50. The van der Waals surface area contributed by atoms with Crippen LogP contribution < -0.4 is 5.32 Å². The van der Waals surface area contributed by atoms with Crippen molar-refractivity contribution in [2.45, 2.75) is 71.0 Å². The first-order chi connectivity index (χ1) is 14.4. The number of hydrogen-bond acceptors (Lipinski definition) is 2. The lowest BCUT2D eigenvalue weighted by Gasteiger charge is -2.31. The van der Waals surface area contributed by atoms with E-state index in [0.717, 1.165) is 42.4 Å². The largest absolute Gasteiger partial charge is 0.352 e. The number of halogens is 1. The molecule has 160 valence electrons. The fraction of sp³-hybridized carbons (Fsp3) is 0.440. The fourth-order valence-corrected chi connectivity index (χ4v) is 4.16. The summed E-state index contributed by atoms with van der Waals surface area (Å²) in [6.45, 7) is 4.21. The molecule has 1 N–H and O–H groups in total. The van der Waals surface area contributed by atoms with Crippen molar-refractivity contribution in [3.05, 3.63) is 70.2 Å². The molecule has 0 saturated heterocycles. The first-order valence-corrected chi connectivity index (χ1v) is 11.2. The van der Waals surface area contributed by atoms with Gasteiger partial charge in [-0.25, -0.2) is 0 Å². The van der Waals surface area contributed by atoms with Gasteiger partial charge in [-0.15, -0.1) is 0 Å². The van der Waals surface area contributed by atoms with Crippen LogP contribution in [0.2, 0.25) is 5.02 Å². The van der Waals surface area contributed by atoms with Gasteiger partial charge in [-0.3, -0.25) is 9.59 Å². The van der Waals surface area contributed by atoms with Gasteiger partial charge in [0.25, 0.3) is 0 Å². The minimum Gasteiger partial charge on any atom is -0.352 e. The average molecular weight is 427 g/mol. The van der Waals surface area contributed by atoms with Crippen molar-refractivity contribution in [2.24, 2.45) is 0 Å². The van der Waals surface area contributed by atoms with Gasteiger partial charge in [-0.2, -0.15) is 0 Å². The molecule has 1 fully saturated rings. The Morgan fingerprint density at radius 3 is 2.43 bits per heavy atom. The van der Waals surface area contributed by atoms with E-state index in [1.54, 1.807) is 4.90 Å². The zero-order chi connectivity index (χ0) is 21.5. The molecule has 0 unspecified atom stereocenters. The minimum atomic E-state index is -0.542. The Balaban J connectivity index is 1.75. The number of hydrogen-bond donors (Lipinski definition) is 1. The number of carbonyl (C=O) groups is 2. The maximum absolute atomic E-state index is 13.3. The quantitative estimate of drug-likeness (QED) is 0.672. The minimum absolute atomic E-state index is 0.0538. The summed E-state index contributed by atoms with van der Waals surface area (Å²) in [7, 11) is 0. The smallest absolute Gasteiger partial charge is 0.242 e. The molecule has 0 spiro atoms. The first kappa shape index (κ1) is 22.4. The van der Waals surface area contributed by atoms with Crippen LogP contribution in [0.15, 0.2) is 48.5 Å². The SMILES string of the molecule is Cc1cccc(CC(=O)N(Cc2ccc(Cl)cc2)[C@H](C)C(=O)NC2CCCCC2)c1. The van der Waals surface area contributed by atoms with Gasteiger partial charge in [0.2, 0.25) is 11.8 Å². The van der Waals surface area contributed by atoms with Crippen molar-refractivity contribution in [3.8, 4) is 0 Å². The van der Waals surface area contributed by atoms with Crippen LogP contribution in [0.5, 0.6) is 0 Å². The molecule has 0 bridgehead atoms. The van der Waals surface area contributed by atoms with Crippen LogP contribution in [0.1, 0.15) is 55.7 Å². The molecular weight excluding hydrogens is 396 g/mol. The van der Waals surface area contributed by atoms with Gasteiger partial charge in [0.15, 0.2) is 0 Å². The zero-order valence-corrected chi connectivity index (χ0v) is 18.6. The molecule has 2 amide bonds. The van der Waals surface area contributed by atoms with Crippen LogP contribution in [0.4, 0.5) is 0 Å². The summed E-state index contributed by atoms with van der Waals surface area (Å²) in [4.78, 5) is 27.9. The Morgan fingerprint density at radius 2 is 1.77 bits per heavy atom. The van der Waals surface area contributed by atoms with Crippen LogP contribution >= 0.6 is 11.6 Å². The van der Waals surface area contributed by atoms with Crippen LogP contribution in [0.3, 0.4) is 0 Å². The highest BCUT2D eigenvalue weighted by atomic mass is 35.5. The Bertz CT molecular complexity index is 860. The summed E-state index contributed by atoms with van der Waals surface area (Å²) in [5.74, 6) is -0.129. The molecule has 2 aromatic rings. The van der Waals surface area contributed by atoms with Crippen molar-refractivity contribution >= 4 is 23.4 Å². The number of nitrogens with zero attached hydrogens (tertiary/aromatic N) is 1. The molecule has 0 radical (unpaired) electrons. The lowest BCUT2D eigenvalue weighted by atomic mass is 9.95. The Hall–Kier alpha value is -2.33. The Morgan fingerprint density at radius 1 is 1.07 bits per heavy atom. The molecule has 1 aliphatic rings. The van der Waals surface area contributed by atoms with E-state index >= 15 is 0 Å². The second kappa shape index (κ2) is 10.6. The maximum Gasteiger partial charge on any atom is 0.242 e. The van der Waals surface area contributed by atoms with Crippen molar-refractivity contribution in [1.29, 1.82) is 0 Å². The Kier molecular flexibility index (Phi) is 7.92. The molecule has 3 rings (SSSR count). The maximum atomic E-state index is 13.3. The molecule has 1 aliphatic carbocycles.